The molecule has 8 heteroatoms. The summed E-state index contributed by atoms with van der Waals surface area (Å²) in [5, 5.41) is 0. The lowest BCUT2D eigenvalue weighted by molar-refractivity contribution is -0.144. The van der Waals surface area contributed by atoms with E-state index in [0.717, 1.165) is 36.8 Å². The van der Waals surface area contributed by atoms with Gasteiger partial charge in [-0.1, -0.05) is 78.0 Å². The van der Waals surface area contributed by atoms with Crippen LogP contribution >= 0.6 is 0 Å². The number of benzene rings is 2. The molecule has 2 unspecified atom stereocenters. The predicted molar refractivity (Wildman–Crippen MR) is 177 cm³/mol. The summed E-state index contributed by atoms with van der Waals surface area (Å²) in [6.07, 6.45) is 3.11. The third kappa shape index (κ3) is 13.5. The molecule has 0 heterocycles. The van der Waals surface area contributed by atoms with Gasteiger partial charge >= 0.3 is 11.9 Å². The zero-order valence-electron chi connectivity index (χ0n) is 28.0. The van der Waals surface area contributed by atoms with Crippen LogP contribution in [0.3, 0.4) is 0 Å². The van der Waals surface area contributed by atoms with Gasteiger partial charge in [-0.05, 0) is 62.1 Å². The Morgan fingerprint density at radius 2 is 1.00 bits per heavy atom. The Morgan fingerprint density at radius 3 is 1.31 bits per heavy atom. The van der Waals surface area contributed by atoms with E-state index in [4.69, 9.17) is 28.4 Å². The molecule has 0 spiro atoms. The highest BCUT2D eigenvalue weighted by atomic mass is 16.6. The Hall–Kier alpha value is -3.62. The van der Waals surface area contributed by atoms with Crippen molar-refractivity contribution in [3.05, 3.63) is 84.0 Å². The summed E-state index contributed by atoms with van der Waals surface area (Å²) in [6, 6.07) is 16.0. The molecule has 0 N–H and O–H groups in total. The molecule has 2 aromatic rings. The number of hydrogen-bond acceptors (Lipinski definition) is 8. The molecule has 0 amide bonds. The van der Waals surface area contributed by atoms with Crippen molar-refractivity contribution in [1.82, 2.24) is 0 Å². The van der Waals surface area contributed by atoms with Crippen LogP contribution in [0.5, 0.6) is 11.5 Å². The van der Waals surface area contributed by atoms with Crippen LogP contribution in [0.15, 0.2) is 72.8 Å². The first-order valence-electron chi connectivity index (χ1n) is 15.8. The Bertz CT molecular complexity index is 1110. The molecular weight excluding hydrogens is 572 g/mol. The van der Waals surface area contributed by atoms with Gasteiger partial charge in [0.25, 0.3) is 0 Å². The first-order chi connectivity index (χ1) is 21.5. The summed E-state index contributed by atoms with van der Waals surface area (Å²) in [7, 11) is 0. The van der Waals surface area contributed by atoms with Crippen molar-refractivity contribution in [2.75, 3.05) is 39.6 Å². The highest BCUT2D eigenvalue weighted by Gasteiger charge is 2.24. The Kier molecular flexibility index (Phi) is 16.4. The molecule has 45 heavy (non-hydrogen) atoms. The van der Waals surface area contributed by atoms with Crippen molar-refractivity contribution >= 4 is 11.9 Å². The van der Waals surface area contributed by atoms with Crippen LogP contribution in [0, 0.1) is 0 Å². The second kappa shape index (κ2) is 19.7. The first kappa shape index (κ1) is 37.6. The summed E-state index contributed by atoms with van der Waals surface area (Å²) < 4.78 is 34.4. The van der Waals surface area contributed by atoms with Crippen LogP contribution in [0.2, 0.25) is 0 Å². The van der Waals surface area contributed by atoms with Gasteiger partial charge in [-0.15, -0.1) is 0 Å². The van der Waals surface area contributed by atoms with E-state index in [2.05, 4.69) is 65.1 Å². The van der Waals surface area contributed by atoms with Crippen molar-refractivity contribution in [1.29, 1.82) is 0 Å². The Balaban J connectivity index is 1.98. The molecule has 0 bridgehead atoms. The number of unbranched alkanes of at least 4 members (excludes halogenated alkanes) is 2. The summed E-state index contributed by atoms with van der Waals surface area (Å²) >= 11 is 0. The predicted octanol–water partition coefficient (Wildman–Crippen LogP) is 7.38. The lowest BCUT2D eigenvalue weighted by atomic mass is 9.78. The van der Waals surface area contributed by atoms with Gasteiger partial charge in [-0.25, -0.2) is 9.59 Å². The fourth-order valence-corrected chi connectivity index (χ4v) is 4.14. The number of hydrogen-bond donors (Lipinski definition) is 0. The first-order valence-corrected chi connectivity index (χ1v) is 15.8. The van der Waals surface area contributed by atoms with E-state index in [9.17, 15) is 9.59 Å². The standard InChI is InChI=1S/C37H52O8/c1-9-11-21-40-33(25-44-35(38)27(3)4)23-42-31-17-13-29(14-18-31)37(7,8)30-15-19-32(20-16-30)43-24-34(41-22-12-10-2)26-45-36(39)28(5)6/h13-20,33-34H,3,5,9-12,21-26H2,1-2,4,6-8H3. The summed E-state index contributed by atoms with van der Waals surface area (Å²) in [4.78, 5) is 23.7. The van der Waals surface area contributed by atoms with Crippen LogP contribution in [0.4, 0.5) is 0 Å². The van der Waals surface area contributed by atoms with Crippen molar-refractivity contribution in [2.24, 2.45) is 0 Å². The maximum absolute atomic E-state index is 11.8. The van der Waals surface area contributed by atoms with Crippen LogP contribution in [0.1, 0.15) is 78.4 Å². The van der Waals surface area contributed by atoms with Gasteiger partial charge in [-0.3, -0.25) is 0 Å². The van der Waals surface area contributed by atoms with Crippen LogP contribution < -0.4 is 9.47 Å². The summed E-state index contributed by atoms with van der Waals surface area (Å²) in [6.45, 7) is 20.9. The molecule has 0 aromatic heterocycles. The van der Waals surface area contributed by atoms with E-state index < -0.39 is 11.9 Å². The minimum atomic E-state index is -0.438. The molecule has 2 rings (SSSR count). The molecule has 2 atom stereocenters. The molecule has 0 aliphatic carbocycles. The maximum atomic E-state index is 11.8. The monoisotopic (exact) mass is 624 g/mol. The summed E-state index contributed by atoms with van der Waals surface area (Å²) in [5.74, 6) is 0.538. The lowest BCUT2D eigenvalue weighted by Gasteiger charge is -2.27. The van der Waals surface area contributed by atoms with Gasteiger partial charge in [0.2, 0.25) is 0 Å². The molecule has 0 aliphatic rings. The second-order valence-electron chi connectivity index (χ2n) is 11.7. The average Bonchev–Trinajstić information content (AvgIpc) is 3.03. The molecule has 0 radical (unpaired) electrons. The average molecular weight is 625 g/mol. The van der Waals surface area contributed by atoms with Gasteiger partial charge in [-0.2, -0.15) is 0 Å². The lowest BCUT2D eigenvalue weighted by Crippen LogP contribution is -2.29. The molecule has 0 saturated carbocycles. The smallest absolute Gasteiger partial charge is 0.333 e. The molecule has 8 nitrogen and oxygen atoms in total. The molecule has 2 aromatic carbocycles. The van der Waals surface area contributed by atoms with Crippen LogP contribution in [-0.2, 0) is 34.0 Å². The third-order valence-corrected chi connectivity index (χ3v) is 7.22. The third-order valence-electron chi connectivity index (χ3n) is 7.22. The van der Waals surface area contributed by atoms with Crippen LogP contribution in [-0.4, -0.2) is 63.8 Å². The maximum Gasteiger partial charge on any atom is 0.333 e. The number of carbonyl (C=O) groups is 2. The number of carbonyl (C=O) groups excluding carboxylic acids is 2. The highest BCUT2D eigenvalue weighted by Crippen LogP contribution is 2.33. The van der Waals surface area contributed by atoms with Crippen molar-refractivity contribution < 1.29 is 38.0 Å². The molecular formula is C37H52O8. The Labute approximate surface area is 269 Å². The van der Waals surface area contributed by atoms with E-state index >= 15 is 0 Å². The number of rotatable bonds is 22. The fraction of sp³-hybridized carbons (Fsp3) is 0.514. The molecule has 0 fully saturated rings. The Morgan fingerprint density at radius 1 is 0.644 bits per heavy atom. The molecule has 0 saturated heterocycles. The second-order valence-corrected chi connectivity index (χ2v) is 11.7. The minimum absolute atomic E-state index is 0.106. The van der Waals surface area contributed by atoms with E-state index in [1.165, 1.54) is 0 Å². The topological polar surface area (TPSA) is 89.5 Å². The van der Waals surface area contributed by atoms with Crippen molar-refractivity contribution in [3.63, 3.8) is 0 Å². The highest BCUT2D eigenvalue weighted by molar-refractivity contribution is 5.87. The zero-order chi connectivity index (χ0) is 33.2. The number of ether oxygens (including phenoxy) is 6. The zero-order valence-corrected chi connectivity index (χ0v) is 28.0. The quantitative estimate of drug-likeness (QED) is 0.0762. The van der Waals surface area contributed by atoms with Crippen LogP contribution in [0.25, 0.3) is 0 Å². The van der Waals surface area contributed by atoms with Gasteiger partial charge in [0.15, 0.2) is 0 Å². The van der Waals surface area contributed by atoms with Crippen molar-refractivity contribution in [3.8, 4) is 11.5 Å². The van der Waals surface area contributed by atoms with E-state index in [1.807, 2.05) is 24.3 Å². The largest absolute Gasteiger partial charge is 0.491 e. The van der Waals surface area contributed by atoms with E-state index in [1.54, 1.807) is 13.8 Å². The molecule has 248 valence electrons. The van der Waals surface area contributed by atoms with Gasteiger partial charge in [0.1, 0.15) is 50.1 Å². The molecule has 0 aliphatic heterocycles. The minimum Gasteiger partial charge on any atom is -0.491 e. The summed E-state index contributed by atoms with van der Waals surface area (Å²) in [5.41, 5.74) is 2.67. The van der Waals surface area contributed by atoms with Crippen molar-refractivity contribution in [2.45, 2.75) is 84.8 Å². The van der Waals surface area contributed by atoms with E-state index in [0.29, 0.717) is 35.9 Å². The van der Waals surface area contributed by atoms with Gasteiger partial charge in [0, 0.05) is 29.8 Å². The normalized spacial score (nSPS) is 12.6. The number of esters is 2. The van der Waals surface area contributed by atoms with E-state index in [-0.39, 0.29) is 44.1 Å². The van der Waals surface area contributed by atoms with Gasteiger partial charge in [0.05, 0.1) is 0 Å². The SMILES string of the molecule is C=C(C)C(=O)OCC(COc1ccc(C(C)(C)c2ccc(OCC(COC(=O)C(=C)C)OCCCC)cc2)cc1)OCCCC. The van der Waals surface area contributed by atoms with Gasteiger partial charge < -0.3 is 28.4 Å². The fourth-order valence-electron chi connectivity index (χ4n) is 4.14.